The van der Waals surface area contributed by atoms with Crippen LogP contribution < -0.4 is 10.6 Å². The van der Waals surface area contributed by atoms with Crippen molar-refractivity contribution in [2.24, 2.45) is 0 Å². The molecule has 0 spiro atoms. The predicted molar refractivity (Wildman–Crippen MR) is 69.0 cm³/mol. The molecule has 2 N–H and O–H groups in total. The third-order valence-corrected chi connectivity index (χ3v) is 3.28. The van der Waals surface area contributed by atoms with E-state index in [1.165, 1.54) is 19.3 Å². The molecule has 1 rings (SSSR count). The van der Waals surface area contributed by atoms with E-state index in [0.29, 0.717) is 12.6 Å². The predicted octanol–water partition coefficient (Wildman–Crippen LogP) is 1.45. The molecule has 100 valence electrons. The molecule has 1 aliphatic heterocycles. The van der Waals surface area contributed by atoms with E-state index in [0.717, 1.165) is 19.4 Å². The number of piperidine rings is 1. The molecular formula is C13H26N2O2. The number of amides is 1. The average molecular weight is 242 g/mol. The maximum absolute atomic E-state index is 11.4. The molecular weight excluding hydrogens is 216 g/mol. The summed E-state index contributed by atoms with van der Waals surface area (Å²) in [5, 5.41) is 6.36. The first-order valence-corrected chi connectivity index (χ1v) is 6.83. The Labute approximate surface area is 104 Å². The van der Waals surface area contributed by atoms with Crippen LogP contribution >= 0.6 is 0 Å². The molecule has 0 saturated carbocycles. The maximum Gasteiger partial charge on any atom is 0.246 e. The van der Waals surface area contributed by atoms with Gasteiger partial charge in [-0.1, -0.05) is 13.3 Å². The van der Waals surface area contributed by atoms with Crippen LogP contribution in [0.1, 0.15) is 46.0 Å². The number of hydrogen-bond acceptors (Lipinski definition) is 3. The monoisotopic (exact) mass is 242 g/mol. The molecule has 0 aliphatic carbocycles. The molecule has 0 radical (unpaired) electrons. The van der Waals surface area contributed by atoms with Gasteiger partial charge in [-0.25, -0.2) is 0 Å². The first-order valence-electron chi connectivity index (χ1n) is 6.83. The molecule has 1 saturated heterocycles. The van der Waals surface area contributed by atoms with E-state index < -0.39 is 0 Å². The molecule has 17 heavy (non-hydrogen) atoms. The number of carbonyl (C=O) groups excluding carboxylic acids is 1. The first-order chi connectivity index (χ1) is 8.22. The highest BCUT2D eigenvalue weighted by molar-refractivity contribution is 5.77. The zero-order valence-electron chi connectivity index (χ0n) is 11.1. The van der Waals surface area contributed by atoms with Gasteiger partial charge in [0.15, 0.2) is 0 Å². The summed E-state index contributed by atoms with van der Waals surface area (Å²) in [7, 11) is 0. The SMILES string of the molecule is CCC(C)NC(=O)COCCC1CCCCN1. The summed E-state index contributed by atoms with van der Waals surface area (Å²) in [6, 6.07) is 0.826. The molecule has 1 fully saturated rings. The van der Waals surface area contributed by atoms with Gasteiger partial charge in [-0.2, -0.15) is 0 Å². The highest BCUT2D eigenvalue weighted by Gasteiger charge is 2.12. The molecule has 0 aromatic carbocycles. The average Bonchev–Trinajstić information content (AvgIpc) is 2.36. The molecule has 2 unspecified atom stereocenters. The third kappa shape index (κ3) is 6.64. The van der Waals surface area contributed by atoms with Gasteiger partial charge < -0.3 is 15.4 Å². The lowest BCUT2D eigenvalue weighted by Crippen LogP contribution is -2.36. The van der Waals surface area contributed by atoms with Crippen LogP contribution in [0.5, 0.6) is 0 Å². The third-order valence-electron chi connectivity index (χ3n) is 3.28. The first kappa shape index (κ1) is 14.5. The van der Waals surface area contributed by atoms with Crippen molar-refractivity contribution in [3.63, 3.8) is 0 Å². The Morgan fingerprint density at radius 3 is 3.00 bits per heavy atom. The number of hydrogen-bond donors (Lipinski definition) is 2. The van der Waals surface area contributed by atoms with Gasteiger partial charge in [0, 0.05) is 18.7 Å². The Morgan fingerprint density at radius 2 is 2.35 bits per heavy atom. The largest absolute Gasteiger partial charge is 0.372 e. The van der Waals surface area contributed by atoms with E-state index in [9.17, 15) is 4.79 Å². The van der Waals surface area contributed by atoms with Crippen molar-refractivity contribution in [1.29, 1.82) is 0 Å². The normalized spacial score (nSPS) is 22.1. The zero-order valence-corrected chi connectivity index (χ0v) is 11.1. The highest BCUT2D eigenvalue weighted by Crippen LogP contribution is 2.09. The molecule has 1 heterocycles. The minimum atomic E-state index is -0.00375. The molecule has 0 aromatic rings. The number of ether oxygens (including phenoxy) is 1. The van der Waals surface area contributed by atoms with Crippen LogP contribution in [0.15, 0.2) is 0 Å². The van der Waals surface area contributed by atoms with E-state index in [1.807, 2.05) is 6.92 Å². The standard InChI is InChI=1S/C13H26N2O2/c1-3-11(2)15-13(16)10-17-9-7-12-6-4-5-8-14-12/h11-12,14H,3-10H2,1-2H3,(H,15,16). The highest BCUT2D eigenvalue weighted by atomic mass is 16.5. The lowest BCUT2D eigenvalue weighted by atomic mass is 10.0. The second-order valence-corrected chi connectivity index (χ2v) is 4.86. The molecule has 1 aliphatic rings. The summed E-state index contributed by atoms with van der Waals surface area (Å²) in [6.45, 7) is 6.05. The van der Waals surface area contributed by atoms with Crippen molar-refractivity contribution in [3.8, 4) is 0 Å². The summed E-state index contributed by atoms with van der Waals surface area (Å²) in [4.78, 5) is 11.4. The summed E-state index contributed by atoms with van der Waals surface area (Å²) >= 11 is 0. The zero-order chi connectivity index (χ0) is 12.5. The Kier molecular flexibility index (Phi) is 7.21. The van der Waals surface area contributed by atoms with E-state index >= 15 is 0 Å². The van der Waals surface area contributed by atoms with Crippen molar-refractivity contribution in [2.45, 2.75) is 58.0 Å². The Morgan fingerprint density at radius 1 is 1.53 bits per heavy atom. The van der Waals surface area contributed by atoms with Crippen LogP contribution in [0.25, 0.3) is 0 Å². The fourth-order valence-electron chi connectivity index (χ4n) is 1.98. The van der Waals surface area contributed by atoms with Crippen LogP contribution in [0.4, 0.5) is 0 Å². The van der Waals surface area contributed by atoms with Gasteiger partial charge in [-0.15, -0.1) is 0 Å². The fraction of sp³-hybridized carbons (Fsp3) is 0.923. The fourth-order valence-corrected chi connectivity index (χ4v) is 1.98. The molecule has 2 atom stereocenters. The van der Waals surface area contributed by atoms with E-state index in [4.69, 9.17) is 4.74 Å². The second kappa shape index (κ2) is 8.48. The van der Waals surface area contributed by atoms with Crippen LogP contribution in [-0.4, -0.2) is 37.7 Å². The maximum atomic E-state index is 11.4. The van der Waals surface area contributed by atoms with E-state index in [2.05, 4.69) is 17.6 Å². The summed E-state index contributed by atoms with van der Waals surface area (Å²) in [5.41, 5.74) is 0. The van der Waals surface area contributed by atoms with Crippen LogP contribution in [-0.2, 0) is 9.53 Å². The lowest BCUT2D eigenvalue weighted by molar-refractivity contribution is -0.126. The van der Waals surface area contributed by atoms with Crippen molar-refractivity contribution in [3.05, 3.63) is 0 Å². The molecule has 4 heteroatoms. The van der Waals surface area contributed by atoms with Crippen LogP contribution in [0, 0.1) is 0 Å². The summed E-state index contributed by atoms with van der Waals surface area (Å²) in [5.74, 6) is -0.00375. The van der Waals surface area contributed by atoms with Gasteiger partial charge in [-0.05, 0) is 39.2 Å². The molecule has 4 nitrogen and oxygen atoms in total. The topological polar surface area (TPSA) is 50.4 Å². The van der Waals surface area contributed by atoms with Crippen molar-refractivity contribution < 1.29 is 9.53 Å². The van der Waals surface area contributed by atoms with Crippen molar-refractivity contribution >= 4 is 5.91 Å². The van der Waals surface area contributed by atoms with Gasteiger partial charge >= 0.3 is 0 Å². The van der Waals surface area contributed by atoms with E-state index in [-0.39, 0.29) is 18.6 Å². The van der Waals surface area contributed by atoms with Gasteiger partial charge in [-0.3, -0.25) is 4.79 Å². The summed E-state index contributed by atoms with van der Waals surface area (Å²) in [6.07, 6.45) is 5.80. The Bertz CT molecular complexity index is 215. The smallest absolute Gasteiger partial charge is 0.246 e. The minimum Gasteiger partial charge on any atom is -0.372 e. The van der Waals surface area contributed by atoms with Gasteiger partial charge in [0.05, 0.1) is 0 Å². The van der Waals surface area contributed by atoms with Crippen LogP contribution in [0.2, 0.25) is 0 Å². The summed E-state index contributed by atoms with van der Waals surface area (Å²) < 4.78 is 5.39. The quantitative estimate of drug-likeness (QED) is 0.664. The van der Waals surface area contributed by atoms with Crippen molar-refractivity contribution in [1.82, 2.24) is 10.6 Å². The van der Waals surface area contributed by atoms with Crippen molar-refractivity contribution in [2.75, 3.05) is 19.8 Å². The molecule has 1 amide bonds. The van der Waals surface area contributed by atoms with Crippen LogP contribution in [0.3, 0.4) is 0 Å². The van der Waals surface area contributed by atoms with E-state index in [1.54, 1.807) is 0 Å². The van der Waals surface area contributed by atoms with Gasteiger partial charge in [0.2, 0.25) is 5.91 Å². The Hall–Kier alpha value is -0.610. The number of nitrogens with one attached hydrogen (secondary N) is 2. The van der Waals surface area contributed by atoms with Gasteiger partial charge in [0.25, 0.3) is 0 Å². The number of carbonyl (C=O) groups is 1. The van der Waals surface area contributed by atoms with Gasteiger partial charge in [0.1, 0.15) is 6.61 Å². The Balaban J connectivity index is 1.97. The number of rotatable bonds is 7. The lowest BCUT2D eigenvalue weighted by Gasteiger charge is -2.23. The minimum absolute atomic E-state index is 0.00375. The molecule has 0 bridgehead atoms. The molecule has 0 aromatic heterocycles. The second-order valence-electron chi connectivity index (χ2n) is 4.86.